The van der Waals surface area contributed by atoms with Crippen LogP contribution >= 0.6 is 0 Å². The van der Waals surface area contributed by atoms with Crippen LogP contribution in [0, 0.1) is 0 Å². The highest BCUT2D eigenvalue weighted by Gasteiger charge is 2.15. The Morgan fingerprint density at radius 2 is 1.79 bits per heavy atom. The van der Waals surface area contributed by atoms with E-state index in [1.807, 2.05) is 24.3 Å². The van der Waals surface area contributed by atoms with Gasteiger partial charge in [-0.15, -0.1) is 0 Å². The summed E-state index contributed by atoms with van der Waals surface area (Å²) in [5.74, 6) is 0.820. The van der Waals surface area contributed by atoms with Gasteiger partial charge in [0, 0.05) is 5.56 Å². The van der Waals surface area contributed by atoms with Gasteiger partial charge < -0.3 is 15.2 Å². The zero-order chi connectivity index (χ0) is 13.8. The number of rotatable bonds is 4. The number of nitrogens with two attached hydrogens (primary N) is 1. The molecule has 0 saturated carbocycles. The van der Waals surface area contributed by atoms with Crippen LogP contribution in [0.15, 0.2) is 42.5 Å². The van der Waals surface area contributed by atoms with Gasteiger partial charge >= 0.3 is 0 Å². The van der Waals surface area contributed by atoms with Crippen molar-refractivity contribution >= 4 is 5.91 Å². The molecule has 2 aromatic rings. The van der Waals surface area contributed by atoms with Crippen molar-refractivity contribution in [2.45, 2.75) is 0 Å². The Morgan fingerprint density at radius 3 is 2.42 bits per heavy atom. The van der Waals surface area contributed by atoms with Gasteiger partial charge in [0.1, 0.15) is 11.5 Å². The van der Waals surface area contributed by atoms with Crippen LogP contribution in [0.2, 0.25) is 0 Å². The van der Waals surface area contributed by atoms with Crippen LogP contribution < -0.4 is 15.2 Å². The van der Waals surface area contributed by atoms with E-state index >= 15 is 0 Å². The summed E-state index contributed by atoms with van der Waals surface area (Å²) in [6, 6.07) is 12.6. The molecule has 0 unspecified atom stereocenters. The molecule has 0 heterocycles. The second-order valence-corrected chi connectivity index (χ2v) is 3.98. The minimum atomic E-state index is -0.489. The lowest BCUT2D eigenvalue weighted by Crippen LogP contribution is -2.12. The van der Waals surface area contributed by atoms with E-state index < -0.39 is 5.91 Å². The van der Waals surface area contributed by atoms with Gasteiger partial charge in [0.15, 0.2) is 0 Å². The Kier molecular flexibility index (Phi) is 3.71. The summed E-state index contributed by atoms with van der Waals surface area (Å²) >= 11 is 0. The summed E-state index contributed by atoms with van der Waals surface area (Å²) in [6.45, 7) is 0. The number of amides is 1. The number of carbonyl (C=O) groups is 1. The number of ether oxygens (including phenoxy) is 2. The first-order valence-electron chi connectivity index (χ1n) is 5.78. The summed E-state index contributed by atoms with van der Waals surface area (Å²) in [7, 11) is 3.15. The number of methoxy groups -OCH3 is 2. The highest BCUT2D eigenvalue weighted by atomic mass is 16.5. The standard InChI is InChI=1S/C15H15NO3/c1-18-11-6-3-5-10(9-11)14-12(15(16)17)7-4-8-13(14)19-2/h3-9H,1-2H3,(H2,16,17). The highest BCUT2D eigenvalue weighted by Crippen LogP contribution is 2.34. The molecule has 0 aliphatic heterocycles. The molecular weight excluding hydrogens is 242 g/mol. The molecule has 0 bridgehead atoms. The van der Waals surface area contributed by atoms with E-state index in [9.17, 15) is 4.79 Å². The number of primary amides is 1. The van der Waals surface area contributed by atoms with Gasteiger partial charge in [-0.3, -0.25) is 4.79 Å². The topological polar surface area (TPSA) is 61.6 Å². The second kappa shape index (κ2) is 5.44. The zero-order valence-corrected chi connectivity index (χ0v) is 10.8. The maximum absolute atomic E-state index is 11.6. The molecule has 4 nitrogen and oxygen atoms in total. The van der Waals surface area contributed by atoms with Gasteiger partial charge in [0.2, 0.25) is 5.91 Å². The molecule has 1 amide bonds. The maximum Gasteiger partial charge on any atom is 0.249 e. The number of benzene rings is 2. The van der Waals surface area contributed by atoms with Gasteiger partial charge in [0.25, 0.3) is 0 Å². The summed E-state index contributed by atoms with van der Waals surface area (Å²) in [5, 5.41) is 0. The van der Waals surface area contributed by atoms with Gasteiger partial charge in [0.05, 0.1) is 19.8 Å². The summed E-state index contributed by atoms with van der Waals surface area (Å²) in [6.07, 6.45) is 0. The SMILES string of the molecule is COc1cccc(-c2c(OC)cccc2C(N)=O)c1. The Balaban J connectivity index is 2.68. The minimum absolute atomic E-state index is 0.424. The van der Waals surface area contributed by atoms with E-state index in [2.05, 4.69) is 0 Å². The molecule has 0 fully saturated rings. The van der Waals surface area contributed by atoms with Crippen LogP contribution in [0.5, 0.6) is 11.5 Å². The number of hydrogen-bond donors (Lipinski definition) is 1. The molecule has 2 rings (SSSR count). The average Bonchev–Trinajstić information content (AvgIpc) is 2.46. The molecular formula is C15H15NO3. The number of carbonyl (C=O) groups excluding carboxylic acids is 1. The van der Waals surface area contributed by atoms with E-state index in [0.29, 0.717) is 22.6 Å². The third kappa shape index (κ3) is 2.52. The fourth-order valence-corrected chi connectivity index (χ4v) is 1.98. The Labute approximate surface area is 111 Å². The minimum Gasteiger partial charge on any atom is -0.497 e. The first-order valence-corrected chi connectivity index (χ1v) is 5.78. The highest BCUT2D eigenvalue weighted by molar-refractivity contribution is 6.01. The van der Waals surface area contributed by atoms with Gasteiger partial charge in [-0.25, -0.2) is 0 Å². The van der Waals surface area contributed by atoms with Crippen molar-refractivity contribution in [3.8, 4) is 22.6 Å². The molecule has 2 aromatic carbocycles. The lowest BCUT2D eigenvalue weighted by atomic mass is 9.98. The molecule has 0 spiro atoms. The smallest absolute Gasteiger partial charge is 0.249 e. The molecule has 0 aliphatic carbocycles. The third-order valence-electron chi connectivity index (χ3n) is 2.87. The normalized spacial score (nSPS) is 10.0. The Hall–Kier alpha value is -2.49. The first kappa shape index (κ1) is 13.0. The first-order chi connectivity index (χ1) is 9.17. The third-order valence-corrected chi connectivity index (χ3v) is 2.87. The second-order valence-electron chi connectivity index (χ2n) is 3.98. The van der Waals surface area contributed by atoms with Crippen molar-refractivity contribution < 1.29 is 14.3 Å². The zero-order valence-electron chi connectivity index (χ0n) is 10.8. The van der Waals surface area contributed by atoms with Crippen molar-refractivity contribution in [3.63, 3.8) is 0 Å². The molecule has 0 aliphatic rings. The quantitative estimate of drug-likeness (QED) is 0.915. The molecule has 0 atom stereocenters. The predicted molar refractivity (Wildman–Crippen MR) is 73.5 cm³/mol. The van der Waals surface area contributed by atoms with E-state index in [1.165, 1.54) is 0 Å². The van der Waals surface area contributed by atoms with Crippen LogP contribution in [-0.2, 0) is 0 Å². The molecule has 0 saturated heterocycles. The van der Waals surface area contributed by atoms with Crippen molar-refractivity contribution in [2.24, 2.45) is 5.73 Å². The van der Waals surface area contributed by atoms with Gasteiger partial charge in [-0.2, -0.15) is 0 Å². The van der Waals surface area contributed by atoms with Crippen LogP contribution in [0.4, 0.5) is 0 Å². The van der Waals surface area contributed by atoms with Crippen LogP contribution in [0.25, 0.3) is 11.1 Å². The summed E-state index contributed by atoms with van der Waals surface area (Å²) in [5.41, 5.74) is 7.35. The van der Waals surface area contributed by atoms with E-state index in [0.717, 1.165) is 5.56 Å². The van der Waals surface area contributed by atoms with Crippen molar-refractivity contribution in [3.05, 3.63) is 48.0 Å². The summed E-state index contributed by atoms with van der Waals surface area (Å²) in [4.78, 5) is 11.6. The molecule has 19 heavy (non-hydrogen) atoms. The van der Waals surface area contributed by atoms with E-state index in [4.69, 9.17) is 15.2 Å². The number of hydrogen-bond acceptors (Lipinski definition) is 3. The largest absolute Gasteiger partial charge is 0.497 e. The van der Waals surface area contributed by atoms with E-state index in [1.54, 1.807) is 32.4 Å². The summed E-state index contributed by atoms with van der Waals surface area (Å²) < 4.78 is 10.5. The maximum atomic E-state index is 11.6. The van der Waals surface area contributed by atoms with Crippen LogP contribution in [-0.4, -0.2) is 20.1 Å². The predicted octanol–water partition coefficient (Wildman–Crippen LogP) is 2.47. The van der Waals surface area contributed by atoms with Gasteiger partial charge in [-0.1, -0.05) is 18.2 Å². The van der Waals surface area contributed by atoms with Crippen LogP contribution in [0.3, 0.4) is 0 Å². The lowest BCUT2D eigenvalue weighted by molar-refractivity contribution is 0.100. The molecule has 98 valence electrons. The monoisotopic (exact) mass is 257 g/mol. The fourth-order valence-electron chi connectivity index (χ4n) is 1.98. The van der Waals surface area contributed by atoms with Crippen molar-refractivity contribution in [2.75, 3.05) is 14.2 Å². The van der Waals surface area contributed by atoms with E-state index in [-0.39, 0.29) is 0 Å². The molecule has 2 N–H and O–H groups in total. The van der Waals surface area contributed by atoms with Gasteiger partial charge in [-0.05, 0) is 29.8 Å². The Morgan fingerprint density at radius 1 is 1.05 bits per heavy atom. The Bertz CT molecular complexity index is 608. The van der Waals surface area contributed by atoms with Crippen molar-refractivity contribution in [1.82, 2.24) is 0 Å². The van der Waals surface area contributed by atoms with Crippen LogP contribution in [0.1, 0.15) is 10.4 Å². The fraction of sp³-hybridized carbons (Fsp3) is 0.133. The molecule has 4 heteroatoms. The van der Waals surface area contributed by atoms with Crippen molar-refractivity contribution in [1.29, 1.82) is 0 Å². The molecule has 0 radical (unpaired) electrons. The molecule has 0 aromatic heterocycles. The lowest BCUT2D eigenvalue weighted by Gasteiger charge is -2.13. The average molecular weight is 257 g/mol.